The van der Waals surface area contributed by atoms with E-state index in [0.29, 0.717) is 24.7 Å². The molecule has 0 fully saturated rings. The topological polar surface area (TPSA) is 87.7 Å². The van der Waals surface area contributed by atoms with Crippen molar-refractivity contribution in [3.63, 3.8) is 0 Å². The molecule has 0 unspecified atom stereocenters. The number of carbonyl (C=O) groups excluding carboxylic acids is 2. The van der Waals surface area contributed by atoms with Crippen LogP contribution in [-0.2, 0) is 16.0 Å². The van der Waals surface area contributed by atoms with Gasteiger partial charge in [-0.25, -0.2) is 0 Å². The van der Waals surface area contributed by atoms with E-state index >= 15 is 0 Å². The maximum absolute atomic E-state index is 11.9. The lowest BCUT2D eigenvalue weighted by molar-refractivity contribution is -0.122. The quantitative estimate of drug-likeness (QED) is 0.488. The van der Waals surface area contributed by atoms with Gasteiger partial charge in [-0.1, -0.05) is 41.9 Å². The van der Waals surface area contributed by atoms with Crippen LogP contribution in [0.1, 0.15) is 28.8 Å². The molecule has 0 aliphatic rings. The number of ether oxygens (including phenoxy) is 1. The molecule has 0 aliphatic heterocycles. The molecule has 0 atom stereocenters. The molecule has 0 saturated carbocycles. The molecule has 0 radical (unpaired) electrons. The van der Waals surface area contributed by atoms with E-state index in [1.54, 1.807) is 0 Å². The van der Waals surface area contributed by atoms with Crippen LogP contribution in [0.3, 0.4) is 0 Å². The van der Waals surface area contributed by atoms with Crippen LogP contribution in [0.4, 0.5) is 0 Å². The molecule has 2 aromatic rings. The van der Waals surface area contributed by atoms with Crippen LogP contribution in [-0.4, -0.2) is 30.1 Å². The summed E-state index contributed by atoms with van der Waals surface area (Å²) in [6, 6.07) is 14.1. The summed E-state index contributed by atoms with van der Waals surface area (Å²) in [5, 5.41) is 9.94. The Morgan fingerprint density at radius 1 is 1.04 bits per heavy atom. The first kappa shape index (κ1) is 19.8. The van der Waals surface area contributed by atoms with Gasteiger partial charge in [-0.15, -0.1) is 0 Å². The van der Waals surface area contributed by atoms with Gasteiger partial charge in [0.2, 0.25) is 5.91 Å². The molecule has 2 rings (SSSR count). The summed E-state index contributed by atoms with van der Waals surface area (Å²) >= 11 is 5.78. The summed E-state index contributed by atoms with van der Waals surface area (Å²) in [6.45, 7) is 1.06. The Labute approximate surface area is 157 Å². The number of phenols is 1. The van der Waals surface area contributed by atoms with Crippen LogP contribution >= 0.6 is 11.6 Å². The highest BCUT2D eigenvalue weighted by Gasteiger charge is 2.12. The van der Waals surface area contributed by atoms with Crippen molar-refractivity contribution in [2.24, 2.45) is 0 Å². The van der Waals surface area contributed by atoms with Crippen molar-refractivity contribution in [3.05, 3.63) is 64.7 Å². The lowest BCUT2D eigenvalue weighted by atomic mass is 10.2. The minimum Gasteiger partial charge on any atom is -0.507 e. The maximum Gasteiger partial charge on any atom is 0.273 e. The molecule has 26 heavy (non-hydrogen) atoms. The van der Waals surface area contributed by atoms with Gasteiger partial charge in [-0.3, -0.25) is 20.4 Å². The lowest BCUT2D eigenvalue weighted by Gasteiger charge is -2.09. The highest BCUT2D eigenvalue weighted by Crippen LogP contribution is 2.20. The summed E-state index contributed by atoms with van der Waals surface area (Å²) in [5.41, 5.74) is 5.73. The van der Waals surface area contributed by atoms with E-state index in [1.165, 1.54) is 23.8 Å². The molecule has 0 aromatic heterocycles. The van der Waals surface area contributed by atoms with Gasteiger partial charge >= 0.3 is 0 Å². The molecule has 6 nitrogen and oxygen atoms in total. The molecule has 2 aromatic carbocycles. The number of hydrogen-bond donors (Lipinski definition) is 3. The Balaban J connectivity index is 1.59. The van der Waals surface area contributed by atoms with Crippen molar-refractivity contribution in [2.45, 2.75) is 19.3 Å². The van der Waals surface area contributed by atoms with Crippen LogP contribution < -0.4 is 10.9 Å². The lowest BCUT2D eigenvalue weighted by Crippen LogP contribution is -2.41. The molecule has 2 amide bonds. The monoisotopic (exact) mass is 376 g/mol. The first-order valence-corrected chi connectivity index (χ1v) is 8.63. The smallest absolute Gasteiger partial charge is 0.273 e. The zero-order valence-corrected chi connectivity index (χ0v) is 15.0. The average Bonchev–Trinajstić information content (AvgIpc) is 2.65. The molecule has 0 heterocycles. The summed E-state index contributed by atoms with van der Waals surface area (Å²) < 4.78 is 5.50. The number of phenolic OH excluding ortho intramolecular Hbond substituents is 1. The number of halogens is 1. The van der Waals surface area contributed by atoms with Gasteiger partial charge in [0.1, 0.15) is 5.75 Å². The Kier molecular flexibility index (Phi) is 7.92. The molecular weight excluding hydrogens is 356 g/mol. The van der Waals surface area contributed by atoms with E-state index in [1.807, 2.05) is 30.3 Å². The number of benzene rings is 2. The minimum absolute atomic E-state index is 0.0120. The van der Waals surface area contributed by atoms with Crippen LogP contribution in [0.25, 0.3) is 0 Å². The third-order valence-electron chi connectivity index (χ3n) is 3.59. The molecule has 138 valence electrons. The fourth-order valence-electron chi connectivity index (χ4n) is 2.22. The summed E-state index contributed by atoms with van der Waals surface area (Å²) in [7, 11) is 0. The third kappa shape index (κ3) is 6.74. The van der Waals surface area contributed by atoms with E-state index in [-0.39, 0.29) is 23.6 Å². The zero-order chi connectivity index (χ0) is 18.8. The van der Waals surface area contributed by atoms with E-state index < -0.39 is 5.91 Å². The van der Waals surface area contributed by atoms with Gasteiger partial charge in [-0.2, -0.15) is 0 Å². The highest BCUT2D eigenvalue weighted by atomic mass is 35.5. The number of hydrogen-bond acceptors (Lipinski definition) is 4. The fourth-order valence-corrected chi connectivity index (χ4v) is 2.39. The largest absolute Gasteiger partial charge is 0.507 e. The first-order valence-electron chi connectivity index (χ1n) is 8.25. The first-order chi connectivity index (χ1) is 12.6. The zero-order valence-electron chi connectivity index (χ0n) is 14.2. The van der Waals surface area contributed by atoms with E-state index in [9.17, 15) is 14.7 Å². The summed E-state index contributed by atoms with van der Waals surface area (Å²) in [6.07, 6.45) is 1.58. The van der Waals surface area contributed by atoms with Crippen molar-refractivity contribution in [3.8, 4) is 5.75 Å². The van der Waals surface area contributed by atoms with Gasteiger partial charge in [0, 0.05) is 18.1 Å². The second-order valence-corrected chi connectivity index (χ2v) is 6.05. The Morgan fingerprint density at radius 2 is 1.81 bits per heavy atom. The Bertz CT molecular complexity index is 738. The van der Waals surface area contributed by atoms with Gasteiger partial charge in [-0.05, 0) is 36.6 Å². The molecule has 0 bridgehead atoms. The van der Waals surface area contributed by atoms with Gasteiger partial charge < -0.3 is 9.84 Å². The van der Waals surface area contributed by atoms with Gasteiger partial charge in [0.25, 0.3) is 5.91 Å². The van der Waals surface area contributed by atoms with Crippen LogP contribution in [0.15, 0.2) is 48.5 Å². The second-order valence-electron chi connectivity index (χ2n) is 5.62. The van der Waals surface area contributed by atoms with E-state index in [4.69, 9.17) is 16.3 Å². The maximum atomic E-state index is 11.9. The number of nitrogens with one attached hydrogen (secondary N) is 2. The molecule has 3 N–H and O–H groups in total. The van der Waals surface area contributed by atoms with Crippen LogP contribution in [0.2, 0.25) is 5.02 Å². The normalized spacial score (nSPS) is 10.3. The van der Waals surface area contributed by atoms with Crippen molar-refractivity contribution in [1.29, 1.82) is 0 Å². The average molecular weight is 377 g/mol. The molecular formula is C19H21ClN2O4. The van der Waals surface area contributed by atoms with Crippen molar-refractivity contribution >= 4 is 23.4 Å². The van der Waals surface area contributed by atoms with E-state index in [2.05, 4.69) is 10.9 Å². The summed E-state index contributed by atoms with van der Waals surface area (Å²) in [5.74, 6) is -1.20. The SMILES string of the molecule is O=C(CCCOCCc1ccccc1)NNC(=O)c1cc(Cl)ccc1O. The summed E-state index contributed by atoms with van der Waals surface area (Å²) in [4.78, 5) is 23.6. The standard InChI is InChI=1S/C19H21ClN2O4/c20-15-8-9-17(23)16(13-15)19(25)22-21-18(24)7-4-11-26-12-10-14-5-2-1-3-6-14/h1-3,5-6,8-9,13,23H,4,7,10-12H2,(H,21,24)(H,22,25). The number of hydrazine groups is 1. The van der Waals surface area contributed by atoms with Gasteiger partial charge in [0.15, 0.2) is 0 Å². The van der Waals surface area contributed by atoms with Crippen molar-refractivity contribution in [2.75, 3.05) is 13.2 Å². The molecule has 0 spiro atoms. The molecule has 0 aliphatic carbocycles. The van der Waals surface area contributed by atoms with Crippen molar-refractivity contribution in [1.82, 2.24) is 10.9 Å². The second kappa shape index (κ2) is 10.4. The predicted octanol–water partition coefficient (Wildman–Crippen LogP) is 2.85. The number of amides is 2. The minimum atomic E-state index is -0.641. The Hall–Kier alpha value is -2.57. The van der Waals surface area contributed by atoms with Gasteiger partial charge in [0.05, 0.1) is 12.2 Å². The van der Waals surface area contributed by atoms with E-state index in [0.717, 1.165) is 6.42 Å². The van der Waals surface area contributed by atoms with Crippen molar-refractivity contribution < 1.29 is 19.4 Å². The predicted molar refractivity (Wildman–Crippen MR) is 98.9 cm³/mol. The molecule has 7 heteroatoms. The number of rotatable bonds is 8. The fraction of sp³-hybridized carbons (Fsp3) is 0.263. The highest BCUT2D eigenvalue weighted by molar-refractivity contribution is 6.31. The molecule has 0 saturated heterocycles. The Morgan fingerprint density at radius 3 is 2.58 bits per heavy atom. The number of aromatic hydroxyl groups is 1. The van der Waals surface area contributed by atoms with Crippen LogP contribution in [0.5, 0.6) is 5.75 Å². The number of carbonyl (C=O) groups is 2. The third-order valence-corrected chi connectivity index (χ3v) is 3.82. The van der Waals surface area contributed by atoms with Crippen LogP contribution in [0, 0.1) is 0 Å².